The summed E-state index contributed by atoms with van der Waals surface area (Å²) < 4.78 is 18.7. The molecule has 1 aliphatic heterocycles. The van der Waals surface area contributed by atoms with Gasteiger partial charge in [0.2, 0.25) is 5.95 Å². The molecule has 2 rings (SSSR count). The Morgan fingerprint density at radius 1 is 1.35 bits per heavy atom. The lowest BCUT2D eigenvalue weighted by Gasteiger charge is -2.28. The van der Waals surface area contributed by atoms with Crippen LogP contribution in [0, 0.1) is 5.95 Å². The first-order chi connectivity index (χ1) is 7.78. The molecule has 0 aliphatic carbocycles. The van der Waals surface area contributed by atoms with Gasteiger partial charge in [-0.25, -0.2) is 4.98 Å². The molecule has 1 atom stereocenters. The second-order valence-electron chi connectivity index (χ2n) is 5.74. The topological polar surface area (TPSA) is 34.2 Å². The maximum Gasteiger partial charge on any atom is 0.212 e. The number of pyridine rings is 1. The van der Waals surface area contributed by atoms with E-state index in [1.54, 1.807) is 6.07 Å². The molecule has 1 saturated heterocycles. The Hall–Kier alpha value is -1.16. The first-order valence-corrected chi connectivity index (χ1v) is 5.87. The van der Waals surface area contributed by atoms with E-state index < -0.39 is 5.95 Å². The van der Waals surface area contributed by atoms with E-state index >= 15 is 0 Å². The van der Waals surface area contributed by atoms with Gasteiger partial charge in [-0.1, -0.05) is 0 Å². The number of nitrogens with zero attached hydrogens (tertiary/aromatic N) is 1. The zero-order valence-electron chi connectivity index (χ0n) is 10.7. The van der Waals surface area contributed by atoms with Gasteiger partial charge in [-0.15, -0.1) is 0 Å². The van der Waals surface area contributed by atoms with Crippen LogP contribution in [-0.4, -0.2) is 22.2 Å². The van der Waals surface area contributed by atoms with Crippen LogP contribution in [0.15, 0.2) is 18.3 Å². The van der Waals surface area contributed by atoms with Crippen LogP contribution >= 0.6 is 0 Å². The molecule has 1 N–H and O–H groups in total. The zero-order chi connectivity index (χ0) is 12.7. The summed E-state index contributed by atoms with van der Waals surface area (Å²) in [6, 6.07) is 3.25. The van der Waals surface area contributed by atoms with Crippen LogP contribution in [0.1, 0.15) is 34.1 Å². The van der Waals surface area contributed by atoms with E-state index in [0.29, 0.717) is 0 Å². The van der Waals surface area contributed by atoms with Gasteiger partial charge in [-0.05, 0) is 46.2 Å². The second kappa shape index (κ2) is 3.95. The summed E-state index contributed by atoms with van der Waals surface area (Å²) in [5.74, 6) is -0.460. The van der Waals surface area contributed by atoms with Crippen molar-refractivity contribution in [1.82, 2.24) is 4.98 Å². The molecule has 0 aromatic carbocycles. The molecule has 0 radical (unpaired) electrons. The molecule has 94 valence electrons. The minimum Gasteiger partial charge on any atom is -0.378 e. The van der Waals surface area contributed by atoms with Gasteiger partial charge in [0.05, 0.1) is 29.1 Å². The highest BCUT2D eigenvalue weighted by molar-refractivity contribution is 5.42. The summed E-state index contributed by atoms with van der Waals surface area (Å²) >= 11 is 0. The van der Waals surface area contributed by atoms with Gasteiger partial charge in [-0.3, -0.25) is 0 Å². The molecule has 1 unspecified atom stereocenters. The molecular formula is C13H19FN2O. The maximum atomic E-state index is 12.7. The fourth-order valence-electron chi connectivity index (χ4n) is 2.45. The Bertz CT molecular complexity index is 400. The van der Waals surface area contributed by atoms with Gasteiger partial charge < -0.3 is 10.1 Å². The van der Waals surface area contributed by atoms with Crippen molar-refractivity contribution in [3.63, 3.8) is 0 Å². The minimum absolute atomic E-state index is 0.130. The van der Waals surface area contributed by atoms with E-state index in [0.717, 1.165) is 12.1 Å². The van der Waals surface area contributed by atoms with Crippen LogP contribution in [0.4, 0.5) is 10.1 Å². The third kappa shape index (κ3) is 2.75. The summed E-state index contributed by atoms with van der Waals surface area (Å²) in [4.78, 5) is 3.64. The van der Waals surface area contributed by atoms with Crippen molar-refractivity contribution in [2.75, 3.05) is 5.32 Å². The first-order valence-electron chi connectivity index (χ1n) is 5.87. The number of aromatic nitrogens is 1. The van der Waals surface area contributed by atoms with E-state index in [2.05, 4.69) is 38.0 Å². The highest BCUT2D eigenvalue weighted by Gasteiger charge is 2.45. The van der Waals surface area contributed by atoms with Crippen molar-refractivity contribution < 1.29 is 9.13 Å². The number of hydrogen-bond acceptors (Lipinski definition) is 3. The molecular weight excluding hydrogens is 219 g/mol. The lowest BCUT2D eigenvalue weighted by molar-refractivity contribution is -0.0662. The van der Waals surface area contributed by atoms with Gasteiger partial charge in [0, 0.05) is 0 Å². The molecule has 0 amide bonds. The van der Waals surface area contributed by atoms with E-state index in [-0.39, 0.29) is 17.2 Å². The quantitative estimate of drug-likeness (QED) is 0.804. The fraction of sp³-hybridized carbons (Fsp3) is 0.615. The lowest BCUT2D eigenvalue weighted by Crippen LogP contribution is -2.38. The Balaban J connectivity index is 2.11. The number of hydrogen-bond donors (Lipinski definition) is 1. The fourth-order valence-corrected chi connectivity index (χ4v) is 2.45. The predicted molar refractivity (Wildman–Crippen MR) is 65.5 cm³/mol. The molecule has 4 heteroatoms. The maximum absolute atomic E-state index is 12.7. The molecule has 0 bridgehead atoms. The Morgan fingerprint density at radius 2 is 2.06 bits per heavy atom. The van der Waals surface area contributed by atoms with Crippen molar-refractivity contribution >= 4 is 5.69 Å². The van der Waals surface area contributed by atoms with Crippen LogP contribution in [0.3, 0.4) is 0 Å². The Labute approximate surface area is 101 Å². The second-order valence-corrected chi connectivity index (χ2v) is 5.74. The van der Waals surface area contributed by atoms with Gasteiger partial charge >= 0.3 is 0 Å². The summed E-state index contributed by atoms with van der Waals surface area (Å²) in [6.07, 6.45) is 2.42. The van der Waals surface area contributed by atoms with Crippen LogP contribution in [0.2, 0.25) is 0 Å². The van der Waals surface area contributed by atoms with E-state index in [1.807, 2.05) is 0 Å². The number of rotatable bonds is 2. The van der Waals surface area contributed by atoms with Crippen molar-refractivity contribution in [1.29, 1.82) is 0 Å². The third-order valence-electron chi connectivity index (χ3n) is 3.14. The minimum atomic E-state index is -0.460. The van der Waals surface area contributed by atoms with Crippen molar-refractivity contribution in [2.45, 2.75) is 51.4 Å². The summed E-state index contributed by atoms with van der Waals surface area (Å²) in [5.41, 5.74) is 0.456. The standard InChI is InChI=1S/C13H19FN2O/c1-12(2)7-10(13(3,4)17-12)16-9-5-6-11(14)15-8-9/h5-6,8,10,16H,7H2,1-4H3. The molecule has 1 aromatic heterocycles. The number of nitrogens with one attached hydrogen (secondary N) is 1. The molecule has 1 fully saturated rings. The number of anilines is 1. The largest absolute Gasteiger partial charge is 0.378 e. The van der Waals surface area contributed by atoms with Crippen molar-refractivity contribution in [2.24, 2.45) is 0 Å². The normalized spacial score (nSPS) is 25.8. The Kier molecular flexibility index (Phi) is 2.86. The molecule has 0 saturated carbocycles. The molecule has 3 nitrogen and oxygen atoms in total. The van der Waals surface area contributed by atoms with Crippen LogP contribution in [0.25, 0.3) is 0 Å². The van der Waals surface area contributed by atoms with Gasteiger partial charge in [-0.2, -0.15) is 4.39 Å². The SMILES string of the molecule is CC1(C)CC(Nc2ccc(F)nc2)C(C)(C)O1. The zero-order valence-corrected chi connectivity index (χ0v) is 10.7. The number of ether oxygens (including phenoxy) is 1. The molecule has 17 heavy (non-hydrogen) atoms. The molecule has 2 heterocycles. The summed E-state index contributed by atoms with van der Waals surface area (Å²) in [5, 5.41) is 3.36. The lowest BCUT2D eigenvalue weighted by atomic mass is 9.94. The molecule has 1 aromatic rings. The predicted octanol–water partition coefficient (Wildman–Crippen LogP) is 2.98. The van der Waals surface area contributed by atoms with Gasteiger partial charge in [0.1, 0.15) is 0 Å². The average Bonchev–Trinajstić information content (AvgIpc) is 2.38. The highest BCUT2D eigenvalue weighted by atomic mass is 19.1. The van der Waals surface area contributed by atoms with Crippen molar-refractivity contribution in [3.05, 3.63) is 24.3 Å². The van der Waals surface area contributed by atoms with E-state index in [9.17, 15) is 4.39 Å². The summed E-state index contributed by atoms with van der Waals surface area (Å²) in [7, 11) is 0. The molecule has 1 aliphatic rings. The number of halogens is 1. The van der Waals surface area contributed by atoms with Crippen molar-refractivity contribution in [3.8, 4) is 0 Å². The molecule has 0 spiro atoms. The van der Waals surface area contributed by atoms with Gasteiger partial charge in [0.15, 0.2) is 0 Å². The highest BCUT2D eigenvalue weighted by Crippen LogP contribution is 2.38. The Morgan fingerprint density at radius 3 is 2.53 bits per heavy atom. The van der Waals surface area contributed by atoms with Crippen LogP contribution in [0.5, 0.6) is 0 Å². The smallest absolute Gasteiger partial charge is 0.212 e. The van der Waals surface area contributed by atoms with Gasteiger partial charge in [0.25, 0.3) is 0 Å². The first kappa shape index (κ1) is 12.3. The summed E-state index contributed by atoms with van der Waals surface area (Å²) in [6.45, 7) is 8.30. The van der Waals surface area contributed by atoms with Crippen LogP contribution in [-0.2, 0) is 4.74 Å². The van der Waals surface area contributed by atoms with Crippen LogP contribution < -0.4 is 5.32 Å². The monoisotopic (exact) mass is 238 g/mol. The van der Waals surface area contributed by atoms with E-state index in [4.69, 9.17) is 4.74 Å². The average molecular weight is 238 g/mol. The third-order valence-corrected chi connectivity index (χ3v) is 3.14. The van der Waals surface area contributed by atoms with E-state index in [1.165, 1.54) is 12.3 Å².